The molecule has 2 rings (SSSR count). The fourth-order valence-electron chi connectivity index (χ4n) is 2.46. The summed E-state index contributed by atoms with van der Waals surface area (Å²) in [5.41, 5.74) is 0.910. The zero-order chi connectivity index (χ0) is 18.4. The van der Waals surface area contributed by atoms with E-state index in [2.05, 4.69) is 5.16 Å². The molecule has 25 heavy (non-hydrogen) atoms. The highest BCUT2D eigenvalue weighted by atomic mass is 16.6. The number of hydrogen-bond acceptors (Lipinski definition) is 5. The second-order valence-electron chi connectivity index (χ2n) is 6.92. The van der Waals surface area contributed by atoms with Gasteiger partial charge in [-0.25, -0.2) is 9.59 Å². The van der Waals surface area contributed by atoms with Gasteiger partial charge in [-0.2, -0.15) is 0 Å². The maximum absolute atomic E-state index is 12.3. The lowest BCUT2D eigenvalue weighted by Gasteiger charge is -2.34. The predicted octanol–water partition coefficient (Wildman–Crippen LogP) is 3.04. The van der Waals surface area contributed by atoms with Crippen LogP contribution in [0, 0.1) is 0 Å². The van der Waals surface area contributed by atoms with Crippen LogP contribution in [-0.4, -0.2) is 46.0 Å². The summed E-state index contributed by atoms with van der Waals surface area (Å²) in [4.78, 5) is 30.3. The molecule has 0 spiro atoms. The van der Waals surface area contributed by atoms with E-state index in [9.17, 15) is 14.7 Å². The van der Waals surface area contributed by atoms with Gasteiger partial charge in [0.15, 0.2) is 0 Å². The molecule has 0 aromatic heterocycles. The maximum atomic E-state index is 12.3. The third-order valence-corrected chi connectivity index (χ3v) is 3.62. The second kappa shape index (κ2) is 8.00. The van der Waals surface area contributed by atoms with E-state index in [1.165, 1.54) is 4.90 Å². The first-order valence-electron chi connectivity index (χ1n) is 8.20. The number of hydrogen-bond donors (Lipinski definition) is 1. The number of carboxylic acids is 1. The largest absolute Gasteiger partial charge is 0.480 e. The highest BCUT2D eigenvalue weighted by Gasteiger charge is 2.37. The minimum absolute atomic E-state index is 0.0840. The molecular weight excluding hydrogens is 324 g/mol. The highest BCUT2D eigenvalue weighted by molar-refractivity contribution is 5.93. The number of oxime groups is 1. The van der Waals surface area contributed by atoms with E-state index in [0.717, 1.165) is 5.56 Å². The molecule has 0 bridgehead atoms. The first kappa shape index (κ1) is 18.8. The molecule has 0 radical (unpaired) electrons. The summed E-state index contributed by atoms with van der Waals surface area (Å²) in [7, 11) is 0. The Morgan fingerprint density at radius 3 is 2.56 bits per heavy atom. The van der Waals surface area contributed by atoms with Gasteiger partial charge in [0, 0.05) is 0 Å². The number of nitrogens with zero attached hydrogens (tertiary/aromatic N) is 2. The molecule has 1 atom stereocenters. The molecule has 1 N–H and O–H groups in total. The van der Waals surface area contributed by atoms with Crippen LogP contribution in [0.25, 0.3) is 0 Å². The van der Waals surface area contributed by atoms with Gasteiger partial charge in [0.25, 0.3) is 0 Å². The number of likely N-dealkylation sites (tertiary alicyclic amines) is 1. The van der Waals surface area contributed by atoms with Crippen molar-refractivity contribution in [1.82, 2.24) is 4.90 Å². The van der Waals surface area contributed by atoms with Crippen LogP contribution in [0.5, 0.6) is 0 Å². The first-order valence-corrected chi connectivity index (χ1v) is 8.20. The number of benzene rings is 1. The van der Waals surface area contributed by atoms with Crippen LogP contribution in [0.1, 0.15) is 39.2 Å². The van der Waals surface area contributed by atoms with Gasteiger partial charge in [0.1, 0.15) is 18.2 Å². The molecule has 1 aliphatic heterocycles. The summed E-state index contributed by atoms with van der Waals surface area (Å²) in [6.07, 6.45) is 0.0861. The number of carbonyl (C=O) groups is 2. The second-order valence-corrected chi connectivity index (χ2v) is 6.92. The topological polar surface area (TPSA) is 88.4 Å². The predicted molar refractivity (Wildman–Crippen MR) is 92.3 cm³/mol. The van der Waals surface area contributed by atoms with Crippen molar-refractivity contribution in [3.63, 3.8) is 0 Å². The van der Waals surface area contributed by atoms with Gasteiger partial charge < -0.3 is 14.7 Å². The SMILES string of the molecule is CC(C)(C)OC(=O)N1CC(=NOCc2ccccc2)CCC1C(=O)O. The van der Waals surface area contributed by atoms with Crippen LogP contribution < -0.4 is 0 Å². The van der Waals surface area contributed by atoms with Crippen molar-refractivity contribution in [1.29, 1.82) is 0 Å². The minimum atomic E-state index is -1.05. The van der Waals surface area contributed by atoms with E-state index in [-0.39, 0.29) is 13.0 Å². The molecule has 136 valence electrons. The van der Waals surface area contributed by atoms with E-state index >= 15 is 0 Å². The minimum Gasteiger partial charge on any atom is -0.480 e. The molecule has 1 unspecified atom stereocenters. The van der Waals surface area contributed by atoms with Crippen LogP contribution in [0.2, 0.25) is 0 Å². The molecule has 1 saturated heterocycles. The molecule has 7 heteroatoms. The molecule has 7 nitrogen and oxygen atoms in total. The third-order valence-electron chi connectivity index (χ3n) is 3.62. The number of ether oxygens (including phenoxy) is 1. The van der Waals surface area contributed by atoms with E-state index in [1.807, 2.05) is 30.3 Å². The van der Waals surface area contributed by atoms with Crippen molar-refractivity contribution in [2.75, 3.05) is 6.54 Å². The molecule has 1 fully saturated rings. The highest BCUT2D eigenvalue weighted by Crippen LogP contribution is 2.20. The van der Waals surface area contributed by atoms with Crippen molar-refractivity contribution in [2.24, 2.45) is 5.16 Å². The molecule has 0 saturated carbocycles. The van der Waals surface area contributed by atoms with Crippen molar-refractivity contribution >= 4 is 17.8 Å². The number of aliphatic carboxylic acids is 1. The standard InChI is InChI=1S/C18H24N2O5/c1-18(2,3)25-17(23)20-11-14(9-10-15(20)16(21)22)19-24-12-13-7-5-4-6-8-13/h4-8,15H,9-12H2,1-3H3,(H,21,22). The zero-order valence-electron chi connectivity index (χ0n) is 14.8. The summed E-state index contributed by atoms with van der Waals surface area (Å²) in [6, 6.07) is 8.68. The Morgan fingerprint density at radius 1 is 1.28 bits per heavy atom. The van der Waals surface area contributed by atoms with Crippen LogP contribution >= 0.6 is 0 Å². The fraction of sp³-hybridized carbons (Fsp3) is 0.500. The molecular formula is C18H24N2O5. The monoisotopic (exact) mass is 348 g/mol. The third kappa shape index (κ3) is 5.77. The van der Waals surface area contributed by atoms with E-state index in [0.29, 0.717) is 18.7 Å². The van der Waals surface area contributed by atoms with Crippen LogP contribution in [-0.2, 0) is 21.0 Å². The molecule has 0 aliphatic carbocycles. The Balaban J connectivity index is 2.01. The number of carboxylic acid groups (broad SMARTS) is 1. The van der Waals surface area contributed by atoms with E-state index < -0.39 is 23.7 Å². The number of rotatable bonds is 4. The number of piperidine rings is 1. The number of amides is 1. The van der Waals surface area contributed by atoms with Gasteiger partial charge in [-0.05, 0) is 39.2 Å². The van der Waals surface area contributed by atoms with Crippen molar-refractivity contribution < 1.29 is 24.3 Å². The Kier molecular flexibility index (Phi) is 6.01. The summed E-state index contributed by atoms with van der Waals surface area (Å²) < 4.78 is 5.31. The lowest BCUT2D eigenvalue weighted by Crippen LogP contribution is -2.52. The smallest absolute Gasteiger partial charge is 0.411 e. The molecule has 1 aromatic carbocycles. The van der Waals surface area contributed by atoms with Crippen molar-refractivity contribution in [3.05, 3.63) is 35.9 Å². The van der Waals surface area contributed by atoms with Crippen LogP contribution in [0.3, 0.4) is 0 Å². The van der Waals surface area contributed by atoms with Crippen LogP contribution in [0.4, 0.5) is 4.79 Å². The Morgan fingerprint density at radius 2 is 1.96 bits per heavy atom. The van der Waals surface area contributed by atoms with Gasteiger partial charge in [-0.15, -0.1) is 0 Å². The molecule has 1 aliphatic rings. The Labute approximate surface area is 147 Å². The van der Waals surface area contributed by atoms with Gasteiger partial charge >= 0.3 is 12.1 Å². The summed E-state index contributed by atoms with van der Waals surface area (Å²) in [5, 5.41) is 13.4. The van der Waals surface area contributed by atoms with Gasteiger partial charge in [-0.3, -0.25) is 4.90 Å². The number of carbonyl (C=O) groups excluding carboxylic acids is 1. The van der Waals surface area contributed by atoms with E-state index in [4.69, 9.17) is 9.57 Å². The van der Waals surface area contributed by atoms with Gasteiger partial charge in [0.2, 0.25) is 0 Å². The summed E-state index contributed by atoms with van der Waals surface area (Å²) in [6.45, 7) is 5.62. The molecule has 1 amide bonds. The lowest BCUT2D eigenvalue weighted by molar-refractivity contribution is -0.143. The first-order chi connectivity index (χ1) is 11.8. The quantitative estimate of drug-likeness (QED) is 0.845. The normalized spacial score (nSPS) is 19.6. The summed E-state index contributed by atoms with van der Waals surface area (Å²) in [5.74, 6) is -1.05. The molecule has 1 heterocycles. The average Bonchev–Trinajstić information content (AvgIpc) is 2.54. The average molecular weight is 348 g/mol. The lowest BCUT2D eigenvalue weighted by atomic mass is 10.0. The Hall–Kier alpha value is -2.57. The van der Waals surface area contributed by atoms with E-state index in [1.54, 1.807) is 20.8 Å². The van der Waals surface area contributed by atoms with Crippen molar-refractivity contribution in [3.8, 4) is 0 Å². The van der Waals surface area contributed by atoms with Gasteiger partial charge in [-0.1, -0.05) is 35.5 Å². The van der Waals surface area contributed by atoms with Crippen LogP contribution in [0.15, 0.2) is 35.5 Å². The van der Waals surface area contributed by atoms with Crippen molar-refractivity contribution in [2.45, 2.75) is 51.9 Å². The molecule has 1 aromatic rings. The Bertz CT molecular complexity index is 637. The fourth-order valence-corrected chi connectivity index (χ4v) is 2.46. The maximum Gasteiger partial charge on any atom is 0.411 e. The van der Waals surface area contributed by atoms with Gasteiger partial charge in [0.05, 0.1) is 12.3 Å². The summed E-state index contributed by atoms with van der Waals surface area (Å²) >= 11 is 0. The zero-order valence-corrected chi connectivity index (χ0v) is 14.8.